The van der Waals surface area contributed by atoms with Crippen molar-refractivity contribution in [3.05, 3.63) is 35.2 Å². The maximum atomic E-state index is 4.93. The number of piperazine rings is 1. The Morgan fingerprint density at radius 2 is 1.62 bits per heavy atom. The molecule has 7 heteroatoms. The maximum Gasteiger partial charge on any atom is 0.230 e. The van der Waals surface area contributed by atoms with Gasteiger partial charge in [0.1, 0.15) is 10.6 Å². The van der Waals surface area contributed by atoms with Crippen molar-refractivity contribution in [2.24, 2.45) is 0 Å². The minimum atomic E-state index is 0.689. The number of nitrogens with zero attached hydrogens (tertiary/aromatic N) is 5. The van der Waals surface area contributed by atoms with Gasteiger partial charge in [-0.3, -0.25) is 0 Å². The second-order valence-electron chi connectivity index (χ2n) is 8.13. The van der Waals surface area contributed by atoms with E-state index in [0.29, 0.717) is 5.95 Å². The summed E-state index contributed by atoms with van der Waals surface area (Å²) in [6.45, 7) is 8.73. The van der Waals surface area contributed by atoms with Gasteiger partial charge in [0.05, 0.1) is 5.39 Å². The summed E-state index contributed by atoms with van der Waals surface area (Å²) in [6.07, 6.45) is 2.48. The van der Waals surface area contributed by atoms with Crippen LogP contribution in [0.15, 0.2) is 29.6 Å². The minimum Gasteiger partial charge on any atom is -0.369 e. The van der Waals surface area contributed by atoms with Crippen LogP contribution in [0.1, 0.15) is 18.4 Å². The van der Waals surface area contributed by atoms with Crippen LogP contribution in [0.3, 0.4) is 0 Å². The Balaban J connectivity index is 1.38. The third kappa shape index (κ3) is 3.76. The van der Waals surface area contributed by atoms with Crippen LogP contribution >= 0.6 is 11.3 Å². The average molecular weight is 409 g/mol. The fraction of sp³-hybridized carbons (Fsp3) is 0.455. The lowest BCUT2D eigenvalue weighted by molar-refractivity contribution is 0.313. The molecule has 2 aliphatic rings. The number of rotatable bonds is 4. The molecule has 1 aromatic carbocycles. The molecule has 0 atom stereocenters. The van der Waals surface area contributed by atoms with Gasteiger partial charge in [-0.2, -0.15) is 4.98 Å². The topological polar surface area (TPSA) is 47.5 Å². The quantitative estimate of drug-likeness (QED) is 0.701. The highest BCUT2D eigenvalue weighted by molar-refractivity contribution is 7.17. The highest BCUT2D eigenvalue weighted by atomic mass is 32.1. The fourth-order valence-corrected chi connectivity index (χ4v) is 5.14. The van der Waals surface area contributed by atoms with Gasteiger partial charge in [-0.1, -0.05) is 0 Å². The number of fused-ring (bicyclic) bond motifs is 1. The van der Waals surface area contributed by atoms with Gasteiger partial charge in [0.15, 0.2) is 0 Å². The molecule has 2 saturated heterocycles. The lowest BCUT2D eigenvalue weighted by Crippen LogP contribution is -2.44. The molecule has 152 valence electrons. The van der Waals surface area contributed by atoms with E-state index < -0.39 is 0 Å². The van der Waals surface area contributed by atoms with Crippen molar-refractivity contribution < 1.29 is 0 Å². The zero-order valence-electron chi connectivity index (χ0n) is 17.2. The van der Waals surface area contributed by atoms with Gasteiger partial charge in [0, 0.05) is 50.6 Å². The summed E-state index contributed by atoms with van der Waals surface area (Å²) in [5.41, 5.74) is 3.59. The highest BCUT2D eigenvalue weighted by Crippen LogP contribution is 2.34. The predicted octanol–water partition coefficient (Wildman–Crippen LogP) is 4.10. The molecule has 2 fully saturated rings. The van der Waals surface area contributed by atoms with Crippen LogP contribution < -0.4 is 15.1 Å². The number of aryl methyl sites for hydroxylation is 1. The van der Waals surface area contributed by atoms with E-state index in [4.69, 9.17) is 9.97 Å². The van der Waals surface area contributed by atoms with Crippen molar-refractivity contribution in [3.63, 3.8) is 0 Å². The first-order valence-electron chi connectivity index (χ1n) is 10.5. The van der Waals surface area contributed by atoms with Crippen molar-refractivity contribution in [2.45, 2.75) is 19.8 Å². The summed E-state index contributed by atoms with van der Waals surface area (Å²) in [5, 5.41) is 6.84. The molecule has 29 heavy (non-hydrogen) atoms. The van der Waals surface area contributed by atoms with Crippen LogP contribution in [0.25, 0.3) is 10.2 Å². The zero-order chi connectivity index (χ0) is 19.8. The molecule has 1 N–H and O–H groups in total. The summed E-state index contributed by atoms with van der Waals surface area (Å²) >= 11 is 1.70. The van der Waals surface area contributed by atoms with Crippen molar-refractivity contribution >= 4 is 44.7 Å². The monoisotopic (exact) mass is 408 g/mol. The molecule has 0 unspecified atom stereocenters. The van der Waals surface area contributed by atoms with Gasteiger partial charge in [0.25, 0.3) is 0 Å². The van der Waals surface area contributed by atoms with E-state index >= 15 is 0 Å². The summed E-state index contributed by atoms with van der Waals surface area (Å²) in [5.74, 6) is 1.77. The number of nitrogens with one attached hydrogen (secondary N) is 1. The first-order chi connectivity index (χ1) is 14.2. The van der Waals surface area contributed by atoms with E-state index in [1.54, 1.807) is 11.3 Å². The molecule has 0 radical (unpaired) electrons. The van der Waals surface area contributed by atoms with Crippen LogP contribution in [-0.2, 0) is 0 Å². The molecule has 0 spiro atoms. The predicted molar refractivity (Wildman–Crippen MR) is 123 cm³/mol. The fourth-order valence-electron chi connectivity index (χ4n) is 4.23. The lowest BCUT2D eigenvalue weighted by atomic mass is 10.2. The van der Waals surface area contributed by atoms with Crippen LogP contribution in [0.4, 0.5) is 23.1 Å². The first kappa shape index (κ1) is 18.6. The Bertz CT molecular complexity index is 984. The number of benzene rings is 1. The number of hydrogen-bond acceptors (Lipinski definition) is 7. The van der Waals surface area contributed by atoms with Crippen molar-refractivity contribution in [3.8, 4) is 0 Å². The summed E-state index contributed by atoms with van der Waals surface area (Å²) in [7, 11) is 2.19. The zero-order valence-corrected chi connectivity index (χ0v) is 18.0. The van der Waals surface area contributed by atoms with Crippen LogP contribution in [0.2, 0.25) is 0 Å². The largest absolute Gasteiger partial charge is 0.369 e. The van der Waals surface area contributed by atoms with Crippen LogP contribution in [0.5, 0.6) is 0 Å². The summed E-state index contributed by atoms with van der Waals surface area (Å²) in [6, 6.07) is 8.67. The van der Waals surface area contributed by atoms with Crippen molar-refractivity contribution in [1.82, 2.24) is 14.9 Å². The number of hydrogen-bond donors (Lipinski definition) is 1. The highest BCUT2D eigenvalue weighted by Gasteiger charge is 2.20. The molecule has 0 aliphatic carbocycles. The second-order valence-corrected chi connectivity index (χ2v) is 8.98. The Labute approximate surface area is 176 Å². The Kier molecular flexibility index (Phi) is 5.01. The van der Waals surface area contributed by atoms with Gasteiger partial charge in [-0.05, 0) is 62.0 Å². The van der Waals surface area contributed by atoms with E-state index in [1.807, 2.05) is 0 Å². The number of thiophene rings is 1. The van der Waals surface area contributed by atoms with E-state index in [1.165, 1.54) is 29.5 Å². The van der Waals surface area contributed by atoms with E-state index in [2.05, 4.69) is 63.6 Å². The first-order valence-corrected chi connectivity index (χ1v) is 11.4. The summed E-state index contributed by atoms with van der Waals surface area (Å²) in [4.78, 5) is 18.0. The van der Waals surface area contributed by atoms with Crippen LogP contribution in [-0.4, -0.2) is 61.2 Å². The van der Waals surface area contributed by atoms with Gasteiger partial charge < -0.3 is 20.0 Å². The van der Waals surface area contributed by atoms with Gasteiger partial charge in [-0.25, -0.2) is 4.98 Å². The maximum absolute atomic E-state index is 4.93. The number of aromatic nitrogens is 2. The Hall–Kier alpha value is -2.38. The van der Waals surface area contributed by atoms with E-state index in [9.17, 15) is 0 Å². The molecule has 3 aromatic rings. The molecule has 6 nitrogen and oxygen atoms in total. The Morgan fingerprint density at radius 3 is 2.34 bits per heavy atom. The smallest absolute Gasteiger partial charge is 0.230 e. The average Bonchev–Trinajstić information content (AvgIpc) is 3.39. The van der Waals surface area contributed by atoms with Crippen LogP contribution in [0, 0.1) is 6.92 Å². The third-order valence-corrected chi connectivity index (χ3v) is 6.99. The molecule has 0 saturated carbocycles. The SMILES string of the molecule is Cc1csc2nc(Nc3ccc(N4CCN(C)CC4)cc3)nc(N3CCCC3)c12. The second kappa shape index (κ2) is 7.80. The molecule has 0 amide bonds. The molecular formula is C22H28N6S. The van der Waals surface area contributed by atoms with Gasteiger partial charge in [0.2, 0.25) is 5.95 Å². The Morgan fingerprint density at radius 1 is 0.897 bits per heavy atom. The normalized spacial score (nSPS) is 18.0. The van der Waals surface area contributed by atoms with Crippen molar-refractivity contribution in [2.75, 3.05) is 61.4 Å². The number of anilines is 4. The van der Waals surface area contributed by atoms with Crippen molar-refractivity contribution in [1.29, 1.82) is 0 Å². The molecule has 0 bridgehead atoms. The standard InChI is InChI=1S/C22H28N6S/c1-16-15-29-21-19(16)20(28-9-3-4-10-28)24-22(25-21)23-17-5-7-18(8-6-17)27-13-11-26(2)12-14-27/h5-8,15H,3-4,9-14H2,1-2H3,(H,23,24,25). The molecular weight excluding hydrogens is 380 g/mol. The molecule has 2 aliphatic heterocycles. The third-order valence-electron chi connectivity index (χ3n) is 6.00. The van der Waals surface area contributed by atoms with E-state index in [-0.39, 0.29) is 0 Å². The molecule has 2 aromatic heterocycles. The minimum absolute atomic E-state index is 0.689. The van der Waals surface area contributed by atoms with Gasteiger partial charge >= 0.3 is 0 Å². The summed E-state index contributed by atoms with van der Waals surface area (Å²) < 4.78 is 0. The molecule has 4 heterocycles. The molecule has 5 rings (SSSR count). The van der Waals surface area contributed by atoms with E-state index in [0.717, 1.165) is 55.6 Å². The lowest BCUT2D eigenvalue weighted by Gasteiger charge is -2.34. The van der Waals surface area contributed by atoms with Gasteiger partial charge in [-0.15, -0.1) is 11.3 Å². The number of likely N-dealkylation sites (N-methyl/N-ethyl adjacent to an activating group) is 1.